The number of allylic oxidation sites excluding steroid dienone is 1. The normalized spacial score (nSPS) is 21.1. The van der Waals surface area contributed by atoms with Crippen molar-refractivity contribution in [2.45, 2.75) is 38.6 Å². The molecule has 1 aliphatic heterocycles. The summed E-state index contributed by atoms with van der Waals surface area (Å²) in [4.78, 5) is 24.8. The van der Waals surface area contributed by atoms with Crippen LogP contribution in [0.3, 0.4) is 0 Å². The smallest absolute Gasteiger partial charge is 0.307 e. The molecule has 1 saturated heterocycles. The van der Waals surface area contributed by atoms with E-state index in [1.54, 1.807) is 17.1 Å². The first kappa shape index (κ1) is 12.7. The summed E-state index contributed by atoms with van der Waals surface area (Å²) in [5.41, 5.74) is 0. The van der Waals surface area contributed by atoms with Crippen LogP contribution in [0.5, 0.6) is 0 Å². The Labute approximate surface area is 96.3 Å². The van der Waals surface area contributed by atoms with Crippen molar-refractivity contribution >= 4 is 11.9 Å². The maximum Gasteiger partial charge on any atom is 0.307 e. The standard InChI is InChI=1S/C12H19NO3/c1-3-6-11(14)13-8-5-4-7-10(13)9-12(15)16-2/h3,6,10H,4-5,7-9H2,1-2H3. The quantitative estimate of drug-likeness (QED) is 0.540. The lowest BCUT2D eigenvalue weighted by Crippen LogP contribution is -2.44. The number of esters is 1. The predicted molar refractivity (Wildman–Crippen MR) is 60.8 cm³/mol. The molecular weight excluding hydrogens is 206 g/mol. The third kappa shape index (κ3) is 3.36. The summed E-state index contributed by atoms with van der Waals surface area (Å²) in [5.74, 6) is -0.249. The third-order valence-electron chi connectivity index (χ3n) is 2.85. The number of piperidine rings is 1. The summed E-state index contributed by atoms with van der Waals surface area (Å²) in [7, 11) is 1.38. The van der Waals surface area contributed by atoms with E-state index >= 15 is 0 Å². The lowest BCUT2D eigenvalue weighted by Gasteiger charge is -2.34. The number of nitrogens with zero attached hydrogens (tertiary/aromatic N) is 1. The van der Waals surface area contributed by atoms with E-state index in [0.717, 1.165) is 25.8 Å². The van der Waals surface area contributed by atoms with Crippen LogP contribution in [0.2, 0.25) is 0 Å². The second kappa shape index (κ2) is 6.30. The Morgan fingerprint density at radius 2 is 2.19 bits per heavy atom. The molecule has 1 unspecified atom stereocenters. The van der Waals surface area contributed by atoms with Gasteiger partial charge in [-0.15, -0.1) is 0 Å². The molecule has 0 radical (unpaired) electrons. The molecule has 0 saturated carbocycles. The molecule has 0 aliphatic carbocycles. The van der Waals surface area contributed by atoms with Crippen molar-refractivity contribution in [1.29, 1.82) is 0 Å². The molecule has 0 spiro atoms. The molecule has 4 heteroatoms. The molecule has 1 amide bonds. The van der Waals surface area contributed by atoms with Gasteiger partial charge in [-0.2, -0.15) is 0 Å². The number of carbonyl (C=O) groups excluding carboxylic acids is 2. The van der Waals surface area contributed by atoms with Gasteiger partial charge in [0.05, 0.1) is 13.5 Å². The molecule has 0 aromatic rings. The van der Waals surface area contributed by atoms with Crippen molar-refractivity contribution in [1.82, 2.24) is 4.90 Å². The van der Waals surface area contributed by atoms with Crippen molar-refractivity contribution in [2.75, 3.05) is 13.7 Å². The number of rotatable bonds is 3. The number of amides is 1. The fraction of sp³-hybridized carbons (Fsp3) is 0.667. The number of methoxy groups -OCH3 is 1. The fourth-order valence-corrected chi connectivity index (χ4v) is 2.02. The van der Waals surface area contributed by atoms with Gasteiger partial charge in [0.25, 0.3) is 0 Å². The second-order valence-electron chi connectivity index (χ2n) is 3.96. The highest BCUT2D eigenvalue weighted by atomic mass is 16.5. The largest absolute Gasteiger partial charge is 0.469 e. The summed E-state index contributed by atoms with van der Waals surface area (Å²) >= 11 is 0. The minimum atomic E-state index is -0.245. The van der Waals surface area contributed by atoms with E-state index in [1.165, 1.54) is 7.11 Å². The summed E-state index contributed by atoms with van der Waals surface area (Å²) in [5, 5.41) is 0. The molecule has 90 valence electrons. The van der Waals surface area contributed by atoms with Crippen LogP contribution in [0.15, 0.2) is 12.2 Å². The summed E-state index contributed by atoms with van der Waals surface area (Å²) in [6.07, 6.45) is 6.56. The van der Waals surface area contributed by atoms with Crippen LogP contribution in [0.25, 0.3) is 0 Å². The maximum atomic E-state index is 11.8. The number of likely N-dealkylation sites (tertiary alicyclic amines) is 1. The molecule has 1 fully saturated rings. The Bertz CT molecular complexity index is 286. The van der Waals surface area contributed by atoms with E-state index in [-0.39, 0.29) is 17.9 Å². The highest BCUT2D eigenvalue weighted by molar-refractivity contribution is 5.88. The van der Waals surface area contributed by atoms with Gasteiger partial charge < -0.3 is 9.64 Å². The van der Waals surface area contributed by atoms with Gasteiger partial charge in [0.2, 0.25) is 5.91 Å². The fourth-order valence-electron chi connectivity index (χ4n) is 2.02. The third-order valence-corrected chi connectivity index (χ3v) is 2.85. The van der Waals surface area contributed by atoms with E-state index in [4.69, 9.17) is 0 Å². The Morgan fingerprint density at radius 1 is 1.44 bits per heavy atom. The van der Waals surface area contributed by atoms with Gasteiger partial charge in [0, 0.05) is 12.6 Å². The first-order valence-corrected chi connectivity index (χ1v) is 5.69. The minimum Gasteiger partial charge on any atom is -0.469 e. The van der Waals surface area contributed by atoms with Gasteiger partial charge in [-0.3, -0.25) is 9.59 Å². The lowest BCUT2D eigenvalue weighted by molar-refractivity contribution is -0.143. The molecular formula is C12H19NO3. The van der Waals surface area contributed by atoms with Crippen molar-refractivity contribution in [3.05, 3.63) is 12.2 Å². The van der Waals surface area contributed by atoms with E-state index in [9.17, 15) is 9.59 Å². The van der Waals surface area contributed by atoms with Gasteiger partial charge in [-0.05, 0) is 32.3 Å². The van der Waals surface area contributed by atoms with Crippen LogP contribution in [0, 0.1) is 0 Å². The van der Waals surface area contributed by atoms with Crippen LogP contribution >= 0.6 is 0 Å². The first-order valence-electron chi connectivity index (χ1n) is 5.69. The van der Waals surface area contributed by atoms with E-state index in [2.05, 4.69) is 4.74 Å². The molecule has 0 N–H and O–H groups in total. The Kier molecular flexibility index (Phi) is 5.02. The topological polar surface area (TPSA) is 46.6 Å². The van der Waals surface area contributed by atoms with Crippen LogP contribution in [0.4, 0.5) is 0 Å². The zero-order valence-electron chi connectivity index (χ0n) is 9.94. The minimum absolute atomic E-state index is 0.00361. The molecule has 1 aliphatic rings. The van der Waals surface area contributed by atoms with Gasteiger partial charge in [-0.25, -0.2) is 0 Å². The van der Waals surface area contributed by atoms with Crippen molar-refractivity contribution in [3.8, 4) is 0 Å². The van der Waals surface area contributed by atoms with Crippen LogP contribution in [0.1, 0.15) is 32.6 Å². The molecule has 1 atom stereocenters. The second-order valence-corrected chi connectivity index (χ2v) is 3.96. The zero-order chi connectivity index (χ0) is 12.0. The number of ether oxygens (including phenoxy) is 1. The molecule has 0 aromatic carbocycles. The highest BCUT2D eigenvalue weighted by Gasteiger charge is 2.27. The van der Waals surface area contributed by atoms with E-state index < -0.39 is 0 Å². The summed E-state index contributed by atoms with van der Waals surface area (Å²) in [6, 6.07) is 0.00454. The molecule has 1 heterocycles. The summed E-state index contributed by atoms with van der Waals surface area (Å²) < 4.78 is 4.65. The predicted octanol–water partition coefficient (Wildman–Crippen LogP) is 1.51. The molecule has 0 aromatic heterocycles. The van der Waals surface area contributed by atoms with Gasteiger partial charge in [-0.1, -0.05) is 6.08 Å². The van der Waals surface area contributed by atoms with Crippen LogP contribution in [-0.4, -0.2) is 36.5 Å². The number of hydrogen-bond donors (Lipinski definition) is 0. The molecule has 4 nitrogen and oxygen atoms in total. The molecule has 1 rings (SSSR count). The number of hydrogen-bond acceptors (Lipinski definition) is 3. The van der Waals surface area contributed by atoms with Gasteiger partial charge in [0.15, 0.2) is 0 Å². The van der Waals surface area contributed by atoms with E-state index in [0.29, 0.717) is 6.42 Å². The van der Waals surface area contributed by atoms with Crippen LogP contribution in [-0.2, 0) is 14.3 Å². The Balaban J connectivity index is 2.63. The Morgan fingerprint density at radius 3 is 2.81 bits per heavy atom. The zero-order valence-corrected chi connectivity index (χ0v) is 9.94. The lowest BCUT2D eigenvalue weighted by atomic mass is 9.99. The van der Waals surface area contributed by atoms with Gasteiger partial charge in [0.1, 0.15) is 0 Å². The summed E-state index contributed by atoms with van der Waals surface area (Å²) in [6.45, 7) is 2.56. The maximum absolute atomic E-state index is 11.8. The van der Waals surface area contributed by atoms with Crippen LogP contribution < -0.4 is 0 Å². The van der Waals surface area contributed by atoms with Crippen molar-refractivity contribution < 1.29 is 14.3 Å². The monoisotopic (exact) mass is 225 g/mol. The Hall–Kier alpha value is -1.32. The SMILES string of the molecule is CC=CC(=O)N1CCCCC1CC(=O)OC. The van der Waals surface area contributed by atoms with E-state index in [1.807, 2.05) is 6.92 Å². The average molecular weight is 225 g/mol. The molecule has 16 heavy (non-hydrogen) atoms. The first-order chi connectivity index (χ1) is 7.69. The average Bonchev–Trinajstić information content (AvgIpc) is 2.30. The number of carbonyl (C=O) groups is 2. The highest BCUT2D eigenvalue weighted by Crippen LogP contribution is 2.20. The van der Waals surface area contributed by atoms with Crippen molar-refractivity contribution in [2.24, 2.45) is 0 Å². The van der Waals surface area contributed by atoms with Crippen molar-refractivity contribution in [3.63, 3.8) is 0 Å². The molecule has 0 bridgehead atoms. The van der Waals surface area contributed by atoms with Gasteiger partial charge >= 0.3 is 5.97 Å².